The molecule has 2 fully saturated rings. The van der Waals surface area contributed by atoms with E-state index in [-0.39, 0.29) is 5.92 Å². The van der Waals surface area contributed by atoms with Crippen molar-refractivity contribution < 1.29 is 4.79 Å². The van der Waals surface area contributed by atoms with Crippen LogP contribution in [0.5, 0.6) is 0 Å². The molecule has 1 heterocycles. The maximum absolute atomic E-state index is 12.5. The van der Waals surface area contributed by atoms with E-state index in [4.69, 9.17) is 0 Å². The van der Waals surface area contributed by atoms with E-state index in [2.05, 4.69) is 17.1 Å². The van der Waals surface area contributed by atoms with Gasteiger partial charge >= 0.3 is 0 Å². The van der Waals surface area contributed by atoms with E-state index < -0.39 is 0 Å². The Morgan fingerprint density at radius 3 is 2.50 bits per heavy atom. The zero-order valence-electron chi connectivity index (χ0n) is 14.9. The minimum absolute atomic E-state index is 0.125. The summed E-state index contributed by atoms with van der Waals surface area (Å²) < 4.78 is 0. The molecular weight excluding hydrogens is 272 g/mol. The van der Waals surface area contributed by atoms with E-state index >= 15 is 0 Å². The first-order chi connectivity index (χ1) is 10.6. The zero-order valence-corrected chi connectivity index (χ0v) is 14.9. The fourth-order valence-electron chi connectivity index (χ4n) is 4.17. The van der Waals surface area contributed by atoms with Gasteiger partial charge in [0, 0.05) is 31.1 Å². The van der Waals surface area contributed by atoms with Crippen molar-refractivity contribution in [2.45, 2.75) is 90.6 Å². The summed E-state index contributed by atoms with van der Waals surface area (Å²) >= 11 is 0. The molecule has 1 aliphatic carbocycles. The van der Waals surface area contributed by atoms with Crippen molar-refractivity contribution in [3.63, 3.8) is 0 Å². The van der Waals surface area contributed by atoms with E-state index in [0.717, 1.165) is 13.1 Å². The molecule has 2 rings (SSSR count). The predicted octanol–water partition coefficient (Wildman–Crippen LogP) is 3.97. The third kappa shape index (κ3) is 5.26. The lowest BCUT2D eigenvalue weighted by atomic mass is 9.87. The Morgan fingerprint density at radius 2 is 1.86 bits per heavy atom. The Morgan fingerprint density at radius 1 is 1.14 bits per heavy atom. The molecule has 0 aromatic heterocycles. The second-order valence-electron chi connectivity index (χ2n) is 7.84. The molecule has 0 spiro atoms. The molecular formula is C19H36N2O. The highest BCUT2D eigenvalue weighted by Crippen LogP contribution is 2.25. The largest absolute Gasteiger partial charge is 0.341 e. The molecule has 2 aliphatic rings. The fourth-order valence-corrected chi connectivity index (χ4v) is 4.17. The van der Waals surface area contributed by atoms with Crippen LogP contribution in [0.1, 0.15) is 78.6 Å². The first-order valence-electron chi connectivity index (χ1n) is 9.65. The van der Waals surface area contributed by atoms with Gasteiger partial charge in [-0.15, -0.1) is 0 Å². The third-order valence-corrected chi connectivity index (χ3v) is 5.39. The minimum Gasteiger partial charge on any atom is -0.341 e. The van der Waals surface area contributed by atoms with Crippen molar-refractivity contribution in [1.82, 2.24) is 10.2 Å². The van der Waals surface area contributed by atoms with Gasteiger partial charge in [0.2, 0.25) is 5.91 Å². The maximum Gasteiger partial charge on any atom is 0.225 e. The van der Waals surface area contributed by atoms with E-state index in [1.807, 2.05) is 13.8 Å². The van der Waals surface area contributed by atoms with E-state index in [1.165, 1.54) is 57.8 Å². The van der Waals surface area contributed by atoms with Crippen LogP contribution in [-0.4, -0.2) is 36.0 Å². The summed E-state index contributed by atoms with van der Waals surface area (Å²) in [4.78, 5) is 14.6. The van der Waals surface area contributed by atoms with Crippen molar-refractivity contribution in [2.24, 2.45) is 11.8 Å². The van der Waals surface area contributed by atoms with Gasteiger partial charge in [0.25, 0.3) is 0 Å². The average molecular weight is 309 g/mol. The van der Waals surface area contributed by atoms with Gasteiger partial charge in [0.1, 0.15) is 0 Å². The van der Waals surface area contributed by atoms with Crippen molar-refractivity contribution in [3.8, 4) is 0 Å². The van der Waals surface area contributed by atoms with Gasteiger partial charge < -0.3 is 10.2 Å². The molecule has 22 heavy (non-hydrogen) atoms. The molecule has 128 valence electrons. The molecule has 0 aromatic carbocycles. The second-order valence-corrected chi connectivity index (χ2v) is 7.84. The van der Waals surface area contributed by atoms with Crippen LogP contribution < -0.4 is 5.32 Å². The van der Waals surface area contributed by atoms with Crippen molar-refractivity contribution in [1.29, 1.82) is 0 Å². The highest BCUT2D eigenvalue weighted by molar-refractivity contribution is 5.78. The van der Waals surface area contributed by atoms with Crippen molar-refractivity contribution in [2.75, 3.05) is 13.1 Å². The normalized spacial score (nSPS) is 27.4. The summed E-state index contributed by atoms with van der Waals surface area (Å²) in [5.41, 5.74) is 0. The lowest BCUT2D eigenvalue weighted by Gasteiger charge is -2.41. The summed E-state index contributed by atoms with van der Waals surface area (Å²) in [6, 6.07) is 1.21. The second kappa shape index (κ2) is 8.90. The van der Waals surface area contributed by atoms with Crippen LogP contribution in [0.15, 0.2) is 0 Å². The van der Waals surface area contributed by atoms with Gasteiger partial charge in [0.05, 0.1) is 0 Å². The number of hydrogen-bond acceptors (Lipinski definition) is 2. The average Bonchev–Trinajstić information content (AvgIpc) is 2.52. The standard InChI is InChI=1S/C19H36N2O/c1-4-5-9-16-12-18(20-17-10-7-6-8-11-17)14-21(13-16)19(22)15(2)3/h15-18,20H,4-14H2,1-3H3. The summed E-state index contributed by atoms with van der Waals surface area (Å²) in [6.45, 7) is 8.23. The Balaban J connectivity index is 1.93. The summed E-state index contributed by atoms with van der Waals surface area (Å²) in [5, 5.41) is 3.89. The first kappa shape index (κ1) is 17.8. The number of likely N-dealkylation sites (tertiary alicyclic amines) is 1. The Kier molecular flexibility index (Phi) is 7.20. The zero-order chi connectivity index (χ0) is 15.9. The number of nitrogens with one attached hydrogen (secondary N) is 1. The van der Waals surface area contributed by atoms with Gasteiger partial charge in [-0.05, 0) is 31.6 Å². The first-order valence-corrected chi connectivity index (χ1v) is 9.65. The molecule has 1 N–H and O–H groups in total. The van der Waals surface area contributed by atoms with Crippen LogP contribution in [-0.2, 0) is 4.79 Å². The van der Waals surface area contributed by atoms with Crippen LogP contribution in [0.25, 0.3) is 0 Å². The van der Waals surface area contributed by atoms with Crippen molar-refractivity contribution >= 4 is 5.91 Å². The van der Waals surface area contributed by atoms with Gasteiger partial charge in [-0.2, -0.15) is 0 Å². The molecule has 1 amide bonds. The number of unbranched alkanes of at least 4 members (excludes halogenated alkanes) is 1. The van der Waals surface area contributed by atoms with E-state index in [9.17, 15) is 4.79 Å². The predicted molar refractivity (Wildman–Crippen MR) is 92.8 cm³/mol. The van der Waals surface area contributed by atoms with Gasteiger partial charge in [-0.1, -0.05) is 52.9 Å². The number of carbonyl (C=O) groups excluding carboxylic acids is 1. The van der Waals surface area contributed by atoms with Crippen molar-refractivity contribution in [3.05, 3.63) is 0 Å². The lowest BCUT2D eigenvalue weighted by molar-refractivity contribution is -0.137. The highest BCUT2D eigenvalue weighted by Gasteiger charge is 2.31. The molecule has 0 bridgehead atoms. The topological polar surface area (TPSA) is 32.3 Å². The number of piperidine rings is 1. The van der Waals surface area contributed by atoms with Crippen LogP contribution in [0, 0.1) is 11.8 Å². The van der Waals surface area contributed by atoms with Crippen LogP contribution in [0.3, 0.4) is 0 Å². The number of hydrogen-bond donors (Lipinski definition) is 1. The monoisotopic (exact) mass is 308 g/mol. The molecule has 1 saturated heterocycles. The van der Waals surface area contributed by atoms with Gasteiger partial charge in [0.15, 0.2) is 0 Å². The quantitative estimate of drug-likeness (QED) is 0.805. The Hall–Kier alpha value is -0.570. The molecule has 0 aromatic rings. The fraction of sp³-hybridized carbons (Fsp3) is 0.947. The highest BCUT2D eigenvalue weighted by atomic mass is 16.2. The van der Waals surface area contributed by atoms with Gasteiger partial charge in [-0.25, -0.2) is 0 Å². The number of carbonyl (C=O) groups is 1. The smallest absolute Gasteiger partial charge is 0.225 e. The van der Waals surface area contributed by atoms with Crippen LogP contribution in [0.4, 0.5) is 0 Å². The van der Waals surface area contributed by atoms with E-state index in [0.29, 0.717) is 23.9 Å². The summed E-state index contributed by atoms with van der Waals surface area (Å²) in [7, 11) is 0. The number of nitrogens with zero attached hydrogens (tertiary/aromatic N) is 1. The summed E-state index contributed by atoms with van der Waals surface area (Å²) in [5.74, 6) is 1.16. The van der Waals surface area contributed by atoms with Crippen LogP contribution in [0.2, 0.25) is 0 Å². The maximum atomic E-state index is 12.5. The van der Waals surface area contributed by atoms with E-state index in [1.54, 1.807) is 0 Å². The molecule has 3 heteroatoms. The van der Waals surface area contributed by atoms with Crippen LogP contribution >= 0.6 is 0 Å². The minimum atomic E-state index is 0.125. The molecule has 1 saturated carbocycles. The Bertz CT molecular complexity index is 336. The molecule has 2 unspecified atom stereocenters. The molecule has 2 atom stereocenters. The molecule has 0 radical (unpaired) electrons. The van der Waals surface area contributed by atoms with Gasteiger partial charge in [-0.3, -0.25) is 4.79 Å². The summed E-state index contributed by atoms with van der Waals surface area (Å²) in [6.07, 6.45) is 11.9. The lowest BCUT2D eigenvalue weighted by Crippen LogP contribution is -2.54. The number of rotatable bonds is 6. The molecule has 3 nitrogen and oxygen atoms in total. The third-order valence-electron chi connectivity index (χ3n) is 5.39. The SMILES string of the molecule is CCCCC1CC(NC2CCCCC2)CN(C(=O)C(C)C)C1. The molecule has 1 aliphatic heterocycles. The number of amides is 1. The Labute approximate surface area is 137 Å².